The molecular weight excluding hydrogens is 1540 g/mol. The van der Waals surface area contributed by atoms with E-state index in [2.05, 4.69) is 20.4 Å². The smallest absolute Gasteiger partial charge is 0.418 e. The Morgan fingerprint density at radius 1 is 0.526 bits per heavy atom. The minimum absolute atomic E-state index is 0.0347. The monoisotopic (exact) mass is 1640 g/mol. The number of esters is 2. The average molecular weight is 1640 g/mol. The van der Waals surface area contributed by atoms with Crippen molar-refractivity contribution >= 4 is 100 Å². The Bertz CT molecular complexity index is 4110. The van der Waals surface area contributed by atoms with Crippen LogP contribution in [0.4, 0.5) is 68.3 Å². The van der Waals surface area contributed by atoms with E-state index in [-0.39, 0.29) is 109 Å². The maximum Gasteiger partial charge on any atom is 0.418 e. The van der Waals surface area contributed by atoms with Crippen molar-refractivity contribution in [1.29, 1.82) is 0 Å². The van der Waals surface area contributed by atoms with Crippen molar-refractivity contribution in [2.45, 2.75) is 165 Å². The highest BCUT2D eigenvalue weighted by Gasteiger charge is 2.46. The summed E-state index contributed by atoms with van der Waals surface area (Å²) < 4.78 is 106. The Labute approximate surface area is 669 Å². The summed E-state index contributed by atoms with van der Waals surface area (Å²) in [4.78, 5) is 134. The van der Waals surface area contributed by atoms with E-state index < -0.39 is 87.9 Å². The lowest BCUT2D eigenvalue weighted by atomic mass is 9.79. The molecule has 114 heavy (non-hydrogen) atoms. The van der Waals surface area contributed by atoms with Gasteiger partial charge in [0.25, 0.3) is 11.8 Å². The van der Waals surface area contributed by atoms with Crippen molar-refractivity contribution in [3.05, 3.63) is 116 Å². The molecular formula is C80H103Cl2F6N13O13. The van der Waals surface area contributed by atoms with Crippen molar-refractivity contribution in [1.82, 2.24) is 44.1 Å². The summed E-state index contributed by atoms with van der Waals surface area (Å²) in [5.74, 6) is -1.61. The van der Waals surface area contributed by atoms with Crippen LogP contribution >= 0.6 is 23.2 Å². The molecule has 0 bridgehead atoms. The van der Waals surface area contributed by atoms with Crippen molar-refractivity contribution < 1.29 is 88.4 Å². The lowest BCUT2D eigenvalue weighted by Crippen LogP contribution is -2.54. The molecule has 34 heteroatoms. The molecule has 0 aromatic heterocycles. The first-order valence-electron chi connectivity index (χ1n) is 39.2. The van der Waals surface area contributed by atoms with Crippen LogP contribution in [0, 0.1) is 10.8 Å². The van der Waals surface area contributed by atoms with Crippen LogP contribution in [-0.4, -0.2) is 260 Å². The van der Waals surface area contributed by atoms with E-state index in [0.717, 1.165) is 34.6 Å². The molecule has 4 aromatic carbocycles. The van der Waals surface area contributed by atoms with Crippen LogP contribution in [0.2, 0.25) is 10.0 Å². The minimum Gasteiger partial charge on any atom is -0.464 e. The number of amides is 8. The zero-order chi connectivity index (χ0) is 82.0. The molecule has 6 N–H and O–H groups in total. The number of halogens is 8. The number of ether oxygens (including phenoxy) is 4. The molecule has 622 valence electrons. The highest BCUT2D eigenvalue weighted by Crippen LogP contribution is 2.42. The number of likely N-dealkylation sites (N-methyl/N-ethyl adjacent to an activating group) is 1. The average Bonchev–Trinajstić information content (AvgIpc) is 0.878. The second-order valence-corrected chi connectivity index (χ2v) is 32.5. The van der Waals surface area contributed by atoms with Gasteiger partial charge in [0, 0.05) is 120 Å². The zero-order valence-corrected chi connectivity index (χ0v) is 66.3. The maximum atomic E-state index is 14.2. The Morgan fingerprint density at radius 2 is 0.877 bits per heavy atom. The highest BCUT2D eigenvalue weighted by molar-refractivity contribution is 6.33. The van der Waals surface area contributed by atoms with E-state index in [0.29, 0.717) is 175 Å². The van der Waals surface area contributed by atoms with Gasteiger partial charge in [0.05, 0.1) is 43.4 Å². The number of aldehydes is 1. The van der Waals surface area contributed by atoms with Gasteiger partial charge in [0.1, 0.15) is 13.2 Å². The summed E-state index contributed by atoms with van der Waals surface area (Å²) in [6.45, 7) is 10.7. The number of rotatable bonds is 19. The number of carbonyl (C=O) groups is 9. The zero-order valence-electron chi connectivity index (χ0n) is 64.8. The minimum atomic E-state index is -4.80. The largest absolute Gasteiger partial charge is 0.464 e. The van der Waals surface area contributed by atoms with Gasteiger partial charge in [0.2, 0.25) is 0 Å². The van der Waals surface area contributed by atoms with Crippen LogP contribution in [0.3, 0.4) is 0 Å². The van der Waals surface area contributed by atoms with Crippen LogP contribution < -0.4 is 22.1 Å². The third-order valence-corrected chi connectivity index (χ3v) is 24.5. The number of nitrogens with zero attached hydrogens (tertiary/aromatic N) is 9. The second kappa shape index (κ2) is 37.4. The topological polar surface area (TPSA) is 296 Å². The molecule has 12 rings (SSSR count). The van der Waals surface area contributed by atoms with E-state index in [1.807, 2.05) is 81.4 Å². The van der Waals surface area contributed by atoms with Crippen molar-refractivity contribution in [2.75, 3.05) is 148 Å². The van der Waals surface area contributed by atoms with Crippen LogP contribution in [0.1, 0.15) is 124 Å². The highest BCUT2D eigenvalue weighted by atomic mass is 35.5. The molecule has 8 heterocycles. The number of fused-ring (bicyclic) bond motifs is 2. The summed E-state index contributed by atoms with van der Waals surface area (Å²) in [6.07, 6.45) is -5.92. The van der Waals surface area contributed by atoms with Gasteiger partial charge in [-0.1, -0.05) is 59.6 Å². The lowest BCUT2D eigenvalue weighted by molar-refractivity contribution is -0.159. The molecule has 6 saturated heterocycles. The van der Waals surface area contributed by atoms with E-state index in [9.17, 15) is 69.5 Å². The number of para-hydroxylation sites is 2. The van der Waals surface area contributed by atoms with E-state index in [1.165, 1.54) is 21.9 Å². The van der Waals surface area contributed by atoms with Crippen molar-refractivity contribution in [3.8, 4) is 0 Å². The van der Waals surface area contributed by atoms with Crippen LogP contribution in [0.15, 0.2) is 72.8 Å². The number of likely N-dealkylation sites (tertiary alicyclic amines) is 6. The number of benzene rings is 4. The molecule has 0 unspecified atom stereocenters. The fourth-order valence-electron chi connectivity index (χ4n) is 16.7. The number of nitrogens with two attached hydrogens (primary N) is 2. The summed E-state index contributed by atoms with van der Waals surface area (Å²) in [5.41, 5.74) is 10.3. The summed E-state index contributed by atoms with van der Waals surface area (Å²) >= 11 is 12.3. The summed E-state index contributed by atoms with van der Waals surface area (Å²) in [7, 11) is 3.85. The number of urea groups is 2. The van der Waals surface area contributed by atoms with E-state index in [4.69, 9.17) is 53.6 Å². The van der Waals surface area contributed by atoms with Gasteiger partial charge < -0.3 is 85.1 Å². The number of anilines is 4. The van der Waals surface area contributed by atoms with Gasteiger partial charge in [-0.3, -0.25) is 24.0 Å². The number of nitrogens with one attached hydrogen (secondary N) is 2. The summed E-state index contributed by atoms with van der Waals surface area (Å²) in [5, 5.41) is 5.32. The molecule has 0 spiro atoms. The number of alkyl halides is 6. The van der Waals surface area contributed by atoms with Gasteiger partial charge in [-0.25, -0.2) is 19.2 Å². The fourth-order valence-corrected chi connectivity index (χ4v) is 17.2. The third-order valence-electron chi connectivity index (χ3n) is 23.9. The van der Waals surface area contributed by atoms with E-state index in [1.54, 1.807) is 19.6 Å². The molecule has 8 aliphatic heterocycles. The SMILES string of the molecule is CC1(C(=O)OCC=O)CCN(C2CCN(C(=O)[C@@H](Cc3cc(Cl)c(N)c(C(F)(F)F)c3)OC(=O)N3CCC(N4CCc5ccccc5NC4=O)CC3)CC2)CC1.CN(C)CCOC(=O)C1(C)CCN(C2CCN(C(=O)[C@@H](Cc3cc(Cl)c(N)c(C(F)(F)F)c3)OC(=O)N3CCC(N4CCc5ccccc5NC4=O)CC3)CC2)CC1. The normalized spacial score (nSPS) is 20.3. The number of nitrogen functional groups attached to an aromatic ring is 2. The number of hydrogen-bond acceptors (Lipinski definition) is 18. The van der Waals surface area contributed by atoms with Gasteiger partial charge in [-0.15, -0.1) is 0 Å². The maximum absolute atomic E-state index is 14.2. The first-order chi connectivity index (χ1) is 54.2. The van der Waals surface area contributed by atoms with Crippen LogP contribution in [0.25, 0.3) is 0 Å². The molecule has 8 amide bonds. The number of carbonyl (C=O) groups excluding carboxylic acids is 9. The predicted molar refractivity (Wildman–Crippen MR) is 414 cm³/mol. The Hall–Kier alpha value is -8.85. The molecule has 4 aromatic rings. The van der Waals surface area contributed by atoms with Gasteiger partial charge in [-0.2, -0.15) is 26.3 Å². The first kappa shape index (κ1) is 86.0. The Balaban J connectivity index is 0.000000225. The second-order valence-electron chi connectivity index (χ2n) is 31.7. The standard InChI is InChI=1S/C41H55ClF3N7O6.C39H48ClF3N6O7/c1-40(37(54)57-23-22-48(2)3)13-20-49(21-14-40)29-9-15-50(16-10-29)36(53)34(26-27-24-31(41(43,44)45)35(46)32(42)25-27)58-39(56)51-17-11-30(12-18-51)52-19-8-28-6-4-5-7-33(28)47-38(52)55;1-38(35(52)55-21-20-50)11-18-46(19-12-38)27-7-13-47(14-8-27)34(51)32(24-25-22-29(39(41,42)43)33(44)30(40)23-25)56-37(54)48-15-9-28(10-16-48)49-17-6-26-4-2-3-5-31(26)45-36(49)53/h4-7,24-25,29-30,34H,8-23,26,46H2,1-3H3,(H,47,55);2-5,20,22-23,27-28,32H,6-19,21,24,44H2,1H3,(H,45,53)/t34-;32-/m11/s1. The van der Waals surface area contributed by atoms with E-state index >= 15 is 0 Å². The molecule has 0 aliphatic carbocycles. The third kappa shape index (κ3) is 21.2. The lowest BCUT2D eigenvalue weighted by Gasteiger charge is -2.44. The number of hydrogen-bond donors (Lipinski definition) is 4. The van der Waals surface area contributed by atoms with Gasteiger partial charge in [0.15, 0.2) is 18.5 Å². The fraction of sp³-hybridized carbons (Fsp3) is 0.588. The van der Waals surface area contributed by atoms with Crippen molar-refractivity contribution in [3.63, 3.8) is 0 Å². The number of piperidine rings is 6. The molecule has 2 atom stereocenters. The van der Waals surface area contributed by atoms with Crippen LogP contribution in [0.5, 0.6) is 0 Å². The first-order valence-corrected chi connectivity index (χ1v) is 40.0. The Morgan fingerprint density at radius 3 is 1.24 bits per heavy atom. The van der Waals surface area contributed by atoms with Crippen molar-refractivity contribution in [2.24, 2.45) is 10.8 Å². The van der Waals surface area contributed by atoms with Crippen LogP contribution in [-0.2, 0) is 81.0 Å². The molecule has 8 aliphatic rings. The molecule has 0 saturated carbocycles. The van der Waals surface area contributed by atoms with Gasteiger partial charge in [-0.05, 0) is 203 Å². The Kier molecular flexibility index (Phi) is 28.2. The molecule has 0 radical (unpaired) electrons. The summed E-state index contributed by atoms with van der Waals surface area (Å²) in [6, 6.07) is 19.1. The predicted octanol–water partition coefficient (Wildman–Crippen LogP) is 11.1. The quantitative estimate of drug-likeness (QED) is 0.0223. The molecule has 6 fully saturated rings. The molecule has 26 nitrogen and oxygen atoms in total. The van der Waals surface area contributed by atoms with Gasteiger partial charge >= 0.3 is 48.5 Å².